The number of benzene rings is 2. The zero-order chi connectivity index (χ0) is 28.3. The fraction of sp³-hybridized carbons (Fsp3) is 0.484. The summed E-state index contributed by atoms with van der Waals surface area (Å²) in [5.74, 6) is -1.01. The summed E-state index contributed by atoms with van der Waals surface area (Å²) in [7, 11) is 1.70. The molecule has 0 aromatic heterocycles. The van der Waals surface area contributed by atoms with E-state index in [1.807, 2.05) is 19.2 Å². The number of anilines is 1. The molecule has 7 heteroatoms. The van der Waals surface area contributed by atoms with Crippen molar-refractivity contribution >= 4 is 29.3 Å². The highest BCUT2D eigenvalue weighted by atomic mass is 35.5. The minimum Gasteiger partial charge on any atom is -0.478 e. The predicted molar refractivity (Wildman–Crippen MR) is 154 cm³/mol. The molecule has 0 saturated carbocycles. The molecule has 6 nitrogen and oxygen atoms in total. The maximum Gasteiger partial charge on any atom is 0.335 e. The number of urea groups is 1. The fourth-order valence-electron chi connectivity index (χ4n) is 4.69. The van der Waals surface area contributed by atoms with Gasteiger partial charge in [0.05, 0.1) is 16.8 Å². The molecule has 2 aromatic carbocycles. The number of nitrogens with one attached hydrogen (secondary N) is 1. The van der Waals surface area contributed by atoms with Gasteiger partial charge in [-0.05, 0) is 90.5 Å². The molecule has 38 heavy (non-hydrogen) atoms. The highest BCUT2D eigenvalue weighted by molar-refractivity contribution is 6.31. The number of nitrogens with zero attached hydrogens (tertiary/aromatic N) is 1. The van der Waals surface area contributed by atoms with Crippen LogP contribution in [0.2, 0.25) is 5.02 Å². The Balaban J connectivity index is 2.03. The van der Waals surface area contributed by atoms with E-state index in [1.54, 1.807) is 24.1 Å². The normalized spacial score (nSPS) is 18.3. The Labute approximate surface area is 232 Å². The topological polar surface area (TPSA) is 78.9 Å². The second-order valence-electron chi connectivity index (χ2n) is 12.4. The Bertz CT molecular complexity index is 1200. The maximum atomic E-state index is 13.5. The standard InChI is InChI=1S/C31H41ClN2O4/c1-29(2,3)15-14-21-8-11-23(18-26(21)32)31(6)24(19-30(4,5)16-17-38-7)20-34(28(37)33-31)25-12-9-22(10-13-25)27(35)36/h8-13,18,20H,14-17,19H2,1-7H3,(H,33,37)(H,35,36)/t31-/m0/s1. The summed E-state index contributed by atoms with van der Waals surface area (Å²) in [4.78, 5) is 26.3. The Morgan fingerprint density at radius 1 is 1.08 bits per heavy atom. The van der Waals surface area contributed by atoms with E-state index in [4.69, 9.17) is 16.3 Å². The number of carboxylic acids is 1. The Morgan fingerprint density at radius 2 is 1.74 bits per heavy atom. The van der Waals surface area contributed by atoms with E-state index in [1.165, 1.54) is 12.1 Å². The van der Waals surface area contributed by atoms with E-state index in [0.717, 1.165) is 36.0 Å². The first-order chi connectivity index (χ1) is 17.6. The van der Waals surface area contributed by atoms with E-state index in [2.05, 4.69) is 52.1 Å². The third-order valence-corrected chi connectivity index (χ3v) is 7.67. The van der Waals surface area contributed by atoms with Gasteiger partial charge in [-0.15, -0.1) is 0 Å². The van der Waals surface area contributed by atoms with E-state index < -0.39 is 11.5 Å². The number of hydrogen-bond donors (Lipinski definition) is 2. The van der Waals surface area contributed by atoms with Gasteiger partial charge in [-0.2, -0.15) is 0 Å². The molecular weight excluding hydrogens is 500 g/mol. The van der Waals surface area contributed by atoms with Crippen LogP contribution in [0.4, 0.5) is 10.5 Å². The van der Waals surface area contributed by atoms with Crippen molar-refractivity contribution < 1.29 is 19.4 Å². The summed E-state index contributed by atoms with van der Waals surface area (Å²) in [6, 6.07) is 12.1. The number of carboxylic acid groups (broad SMARTS) is 1. The summed E-state index contributed by atoms with van der Waals surface area (Å²) in [6.07, 6.45) is 5.36. The lowest BCUT2D eigenvalue weighted by Gasteiger charge is -2.43. The number of ether oxygens (including phenoxy) is 1. The molecule has 1 atom stereocenters. The fourth-order valence-corrected chi connectivity index (χ4v) is 4.96. The smallest absolute Gasteiger partial charge is 0.335 e. The second kappa shape index (κ2) is 11.5. The molecule has 0 bridgehead atoms. The molecule has 0 fully saturated rings. The van der Waals surface area contributed by atoms with E-state index in [-0.39, 0.29) is 22.4 Å². The number of carbonyl (C=O) groups is 2. The molecule has 0 radical (unpaired) electrons. The quantitative estimate of drug-likeness (QED) is 0.322. The van der Waals surface area contributed by atoms with Crippen LogP contribution in [-0.2, 0) is 16.7 Å². The third-order valence-electron chi connectivity index (χ3n) is 7.32. The highest BCUT2D eigenvalue weighted by Crippen LogP contribution is 2.42. The Hall–Kier alpha value is -2.83. The number of halogens is 1. The minimum absolute atomic E-state index is 0.0968. The Kier molecular flexibility index (Phi) is 9.00. The average Bonchev–Trinajstić information content (AvgIpc) is 2.83. The molecule has 1 aliphatic rings. The van der Waals surface area contributed by atoms with E-state index >= 15 is 0 Å². The first-order valence-corrected chi connectivity index (χ1v) is 13.5. The summed E-state index contributed by atoms with van der Waals surface area (Å²) in [6.45, 7) is 13.7. The predicted octanol–water partition coefficient (Wildman–Crippen LogP) is 7.80. The van der Waals surface area contributed by atoms with Gasteiger partial charge in [-0.1, -0.05) is 58.4 Å². The van der Waals surface area contributed by atoms with E-state index in [0.29, 0.717) is 23.7 Å². The van der Waals surface area contributed by atoms with Gasteiger partial charge in [0.1, 0.15) is 0 Å². The number of carbonyl (C=O) groups excluding carboxylic acids is 1. The van der Waals surface area contributed by atoms with E-state index in [9.17, 15) is 14.7 Å². The van der Waals surface area contributed by atoms with Crippen molar-refractivity contribution in [1.29, 1.82) is 0 Å². The molecule has 206 valence electrons. The maximum absolute atomic E-state index is 13.5. The van der Waals surface area contributed by atoms with Crippen LogP contribution >= 0.6 is 11.6 Å². The highest BCUT2D eigenvalue weighted by Gasteiger charge is 2.41. The largest absolute Gasteiger partial charge is 0.478 e. The van der Waals surface area contributed by atoms with Crippen LogP contribution in [0.25, 0.3) is 0 Å². The SMILES string of the molecule is COCCC(C)(C)CC1=CN(c2ccc(C(=O)O)cc2)C(=O)N[C@@]1(C)c1ccc(CCC(C)(C)C)c(Cl)c1. The van der Waals surface area contributed by atoms with Crippen LogP contribution in [0.1, 0.15) is 82.3 Å². The van der Waals surface area contributed by atoms with Crippen molar-refractivity contribution in [3.63, 3.8) is 0 Å². The van der Waals surface area contributed by atoms with Crippen LogP contribution in [0, 0.1) is 10.8 Å². The summed E-state index contributed by atoms with van der Waals surface area (Å²) in [5.41, 5.74) is 3.15. The van der Waals surface area contributed by atoms with Crippen molar-refractivity contribution in [2.45, 2.75) is 72.8 Å². The molecule has 0 unspecified atom stereocenters. The Morgan fingerprint density at radius 3 is 2.29 bits per heavy atom. The summed E-state index contributed by atoms with van der Waals surface area (Å²) in [5, 5.41) is 13.2. The van der Waals surface area contributed by atoms with Gasteiger partial charge in [0.15, 0.2) is 0 Å². The van der Waals surface area contributed by atoms with Gasteiger partial charge in [-0.3, -0.25) is 4.90 Å². The lowest BCUT2D eigenvalue weighted by atomic mass is 9.73. The van der Waals surface area contributed by atoms with Crippen LogP contribution in [0.15, 0.2) is 54.2 Å². The molecule has 3 rings (SSSR count). The van der Waals surface area contributed by atoms with Crippen LogP contribution < -0.4 is 10.2 Å². The average molecular weight is 541 g/mol. The van der Waals surface area contributed by atoms with Gasteiger partial charge in [0, 0.05) is 24.9 Å². The zero-order valence-electron chi connectivity index (χ0n) is 23.7. The number of aromatic carboxylic acids is 1. The summed E-state index contributed by atoms with van der Waals surface area (Å²) < 4.78 is 5.35. The van der Waals surface area contributed by atoms with Crippen LogP contribution in [-0.4, -0.2) is 30.8 Å². The van der Waals surface area contributed by atoms with Gasteiger partial charge in [0.2, 0.25) is 0 Å². The van der Waals surface area contributed by atoms with Gasteiger partial charge >= 0.3 is 12.0 Å². The first kappa shape index (κ1) is 29.7. The van der Waals surface area contributed by atoms with Gasteiger partial charge < -0.3 is 15.2 Å². The number of methoxy groups -OCH3 is 1. The lowest BCUT2D eigenvalue weighted by molar-refractivity contribution is 0.0697. The second-order valence-corrected chi connectivity index (χ2v) is 12.8. The number of aryl methyl sites for hydroxylation is 1. The van der Waals surface area contributed by atoms with Crippen LogP contribution in [0.3, 0.4) is 0 Å². The van der Waals surface area contributed by atoms with Crippen molar-refractivity contribution in [3.8, 4) is 0 Å². The molecular formula is C31H41ClN2O4. The molecule has 2 aromatic rings. The van der Waals surface area contributed by atoms with Crippen LogP contribution in [0.5, 0.6) is 0 Å². The van der Waals surface area contributed by atoms with Crippen molar-refractivity contribution in [1.82, 2.24) is 5.32 Å². The number of rotatable bonds is 10. The molecule has 1 heterocycles. The van der Waals surface area contributed by atoms with Gasteiger partial charge in [0.25, 0.3) is 0 Å². The number of hydrogen-bond acceptors (Lipinski definition) is 3. The summed E-state index contributed by atoms with van der Waals surface area (Å²) >= 11 is 6.78. The molecule has 2 amide bonds. The third kappa shape index (κ3) is 7.17. The van der Waals surface area contributed by atoms with Gasteiger partial charge in [-0.25, -0.2) is 9.59 Å². The minimum atomic E-state index is -1.01. The molecule has 2 N–H and O–H groups in total. The monoisotopic (exact) mass is 540 g/mol. The molecule has 0 saturated heterocycles. The molecule has 0 aliphatic carbocycles. The zero-order valence-corrected chi connectivity index (χ0v) is 24.4. The number of amides is 2. The van der Waals surface area contributed by atoms with Crippen molar-refractivity contribution in [2.75, 3.05) is 18.6 Å². The lowest BCUT2D eigenvalue weighted by Crippen LogP contribution is -2.54. The first-order valence-electron chi connectivity index (χ1n) is 13.1. The molecule has 0 spiro atoms. The van der Waals surface area contributed by atoms with Crippen molar-refractivity contribution in [3.05, 3.63) is 76.0 Å². The van der Waals surface area contributed by atoms with Crippen molar-refractivity contribution in [2.24, 2.45) is 10.8 Å². The molecule has 1 aliphatic heterocycles.